The molecule has 3 N–H and O–H groups in total. The van der Waals surface area contributed by atoms with E-state index in [9.17, 15) is 4.79 Å². The number of amides is 1. The van der Waals surface area contributed by atoms with Gasteiger partial charge in [0, 0.05) is 37.3 Å². The number of benzene rings is 1. The lowest BCUT2D eigenvalue weighted by molar-refractivity contribution is 0.0950. The summed E-state index contributed by atoms with van der Waals surface area (Å²) in [7, 11) is 0. The number of anilines is 1. The number of carbonyl (C=O) groups is 1. The maximum atomic E-state index is 12.7. The van der Waals surface area contributed by atoms with Gasteiger partial charge in [-0.3, -0.25) is 9.78 Å². The average Bonchev–Trinajstić information content (AvgIpc) is 3.04. The van der Waals surface area contributed by atoms with Gasteiger partial charge in [-0.15, -0.1) is 0 Å². The van der Waals surface area contributed by atoms with E-state index < -0.39 is 0 Å². The average molecular weight is 359 g/mol. The lowest BCUT2D eigenvalue weighted by Crippen LogP contribution is -2.34. The molecule has 1 saturated carbocycles. The summed E-state index contributed by atoms with van der Waals surface area (Å²) in [6.07, 6.45) is 1.66. The first kappa shape index (κ1) is 16.6. The number of nitrogens with one attached hydrogen (secondary N) is 1. The fourth-order valence-corrected chi connectivity index (χ4v) is 4.33. The van der Waals surface area contributed by atoms with Crippen molar-refractivity contribution in [1.82, 2.24) is 15.2 Å². The summed E-state index contributed by atoms with van der Waals surface area (Å²) < 4.78 is 0. The van der Waals surface area contributed by atoms with Crippen LogP contribution in [0.3, 0.4) is 0 Å². The Morgan fingerprint density at radius 1 is 1.44 bits per heavy atom. The highest BCUT2D eigenvalue weighted by atomic mass is 35.5. The number of aromatic nitrogens is 1. The molecule has 0 spiro atoms. The van der Waals surface area contributed by atoms with E-state index in [-0.39, 0.29) is 5.91 Å². The summed E-state index contributed by atoms with van der Waals surface area (Å²) in [5.74, 6) is 1.93. The molecule has 5 nitrogen and oxygen atoms in total. The van der Waals surface area contributed by atoms with Gasteiger partial charge in [-0.25, -0.2) is 0 Å². The molecule has 2 fully saturated rings. The Morgan fingerprint density at radius 3 is 2.84 bits per heavy atom. The Morgan fingerprint density at radius 2 is 2.16 bits per heavy atom. The van der Waals surface area contributed by atoms with E-state index in [1.165, 1.54) is 0 Å². The van der Waals surface area contributed by atoms with Gasteiger partial charge in [-0.05, 0) is 49.8 Å². The minimum atomic E-state index is -0.128. The van der Waals surface area contributed by atoms with Gasteiger partial charge in [0.05, 0.1) is 21.8 Å². The normalized spacial score (nSPS) is 25.4. The molecule has 1 saturated heterocycles. The summed E-state index contributed by atoms with van der Waals surface area (Å²) in [4.78, 5) is 19.5. The lowest BCUT2D eigenvalue weighted by atomic mass is 10.1. The number of fused-ring (bicyclic) bond motifs is 2. The van der Waals surface area contributed by atoms with Crippen LogP contribution in [0, 0.1) is 17.8 Å². The van der Waals surface area contributed by atoms with E-state index in [4.69, 9.17) is 17.3 Å². The zero-order valence-corrected chi connectivity index (χ0v) is 15.3. The van der Waals surface area contributed by atoms with E-state index in [1.54, 1.807) is 18.3 Å². The molecule has 1 aliphatic heterocycles. The fraction of sp³-hybridized carbons (Fsp3) is 0.474. The molecule has 2 unspecified atom stereocenters. The molecule has 132 valence electrons. The van der Waals surface area contributed by atoms with E-state index in [0.717, 1.165) is 36.9 Å². The molecule has 2 heterocycles. The summed E-state index contributed by atoms with van der Waals surface area (Å²) in [5, 5.41) is 4.18. The molecule has 2 aromatic rings. The van der Waals surface area contributed by atoms with Gasteiger partial charge in [0.15, 0.2) is 0 Å². The first-order valence-electron chi connectivity index (χ1n) is 8.82. The van der Waals surface area contributed by atoms with Crippen molar-refractivity contribution in [1.29, 1.82) is 0 Å². The molecule has 4 rings (SSSR count). The van der Waals surface area contributed by atoms with Crippen LogP contribution in [0.1, 0.15) is 24.2 Å². The molecule has 1 aromatic carbocycles. The Kier molecular flexibility index (Phi) is 4.08. The van der Waals surface area contributed by atoms with Crippen molar-refractivity contribution >= 4 is 34.1 Å². The molecular weight excluding hydrogens is 336 g/mol. The van der Waals surface area contributed by atoms with Crippen LogP contribution in [-0.4, -0.2) is 41.5 Å². The third kappa shape index (κ3) is 2.85. The lowest BCUT2D eigenvalue weighted by Gasteiger charge is -2.23. The molecular formula is C19H23ClN4O. The summed E-state index contributed by atoms with van der Waals surface area (Å²) >= 11 is 6.20. The highest BCUT2D eigenvalue weighted by molar-refractivity contribution is 6.35. The largest absolute Gasteiger partial charge is 0.397 e. The number of nitrogen functional groups attached to an aromatic ring is 1. The zero-order valence-electron chi connectivity index (χ0n) is 14.5. The summed E-state index contributed by atoms with van der Waals surface area (Å²) in [6.45, 7) is 7.51. The van der Waals surface area contributed by atoms with E-state index in [0.29, 0.717) is 33.7 Å². The molecule has 2 atom stereocenters. The SMILES string of the molecule is CC(C)N1CC2C(CNC(=O)c3cc(Cl)c(N)c4cccnc34)C2C1. The van der Waals surface area contributed by atoms with E-state index in [1.807, 2.05) is 6.07 Å². The molecule has 0 bridgehead atoms. The van der Waals surface area contributed by atoms with Gasteiger partial charge in [-0.1, -0.05) is 11.6 Å². The highest BCUT2D eigenvalue weighted by Crippen LogP contribution is 2.51. The molecule has 1 amide bonds. The van der Waals surface area contributed by atoms with Gasteiger partial charge in [0.25, 0.3) is 5.91 Å². The molecule has 2 aliphatic rings. The van der Waals surface area contributed by atoms with Crippen LogP contribution in [0.15, 0.2) is 24.4 Å². The maximum Gasteiger partial charge on any atom is 0.253 e. The van der Waals surface area contributed by atoms with Gasteiger partial charge in [0.1, 0.15) is 0 Å². The minimum Gasteiger partial charge on any atom is -0.397 e. The van der Waals surface area contributed by atoms with Crippen LogP contribution >= 0.6 is 11.6 Å². The van der Waals surface area contributed by atoms with Crippen LogP contribution in [0.25, 0.3) is 10.9 Å². The number of nitrogens with two attached hydrogens (primary N) is 1. The van der Waals surface area contributed by atoms with Crippen LogP contribution in [0.5, 0.6) is 0 Å². The predicted octanol–water partition coefficient (Wildman–Crippen LogP) is 2.79. The van der Waals surface area contributed by atoms with Crippen molar-refractivity contribution in [3.05, 3.63) is 35.0 Å². The third-order valence-electron chi connectivity index (χ3n) is 5.75. The van der Waals surface area contributed by atoms with Gasteiger partial charge < -0.3 is 16.0 Å². The first-order valence-corrected chi connectivity index (χ1v) is 9.20. The van der Waals surface area contributed by atoms with Crippen molar-refractivity contribution in [2.45, 2.75) is 19.9 Å². The standard InChI is InChI=1S/C19H23ClN4O/c1-10(2)24-8-14-13(15(14)9-24)7-23-19(25)12-6-16(20)17(21)11-4-3-5-22-18(11)12/h3-6,10,13-15H,7-9,21H2,1-2H3,(H,23,25). The number of pyridine rings is 1. The van der Waals surface area contributed by atoms with Gasteiger partial charge >= 0.3 is 0 Å². The third-order valence-corrected chi connectivity index (χ3v) is 6.07. The minimum absolute atomic E-state index is 0.128. The predicted molar refractivity (Wildman–Crippen MR) is 101 cm³/mol. The summed E-state index contributed by atoms with van der Waals surface area (Å²) in [5.41, 5.74) is 7.57. The van der Waals surface area contributed by atoms with E-state index in [2.05, 4.69) is 29.0 Å². The number of piperidine rings is 1. The fourth-order valence-electron chi connectivity index (χ4n) is 4.12. The molecule has 1 aromatic heterocycles. The molecule has 1 aliphatic carbocycles. The maximum absolute atomic E-state index is 12.7. The van der Waals surface area contributed by atoms with Crippen LogP contribution in [0.4, 0.5) is 5.69 Å². The van der Waals surface area contributed by atoms with E-state index >= 15 is 0 Å². The quantitative estimate of drug-likeness (QED) is 0.824. The molecule has 6 heteroatoms. The highest BCUT2D eigenvalue weighted by Gasteiger charge is 2.55. The number of hydrogen-bond acceptors (Lipinski definition) is 4. The first-order chi connectivity index (χ1) is 12.0. The summed E-state index contributed by atoms with van der Waals surface area (Å²) in [6, 6.07) is 5.86. The second-order valence-corrected chi connectivity index (χ2v) is 7.88. The number of carbonyl (C=O) groups excluding carboxylic acids is 1. The topological polar surface area (TPSA) is 71.2 Å². The Balaban J connectivity index is 1.45. The Labute approximate surface area is 152 Å². The van der Waals surface area contributed by atoms with Crippen molar-refractivity contribution < 1.29 is 4.79 Å². The number of nitrogens with zero attached hydrogens (tertiary/aromatic N) is 2. The second kappa shape index (κ2) is 6.15. The number of likely N-dealkylation sites (tertiary alicyclic amines) is 1. The van der Waals surface area contributed by atoms with Crippen LogP contribution in [-0.2, 0) is 0 Å². The van der Waals surface area contributed by atoms with Crippen molar-refractivity contribution in [2.75, 3.05) is 25.4 Å². The zero-order chi connectivity index (χ0) is 17.7. The molecule has 0 radical (unpaired) electrons. The Hall–Kier alpha value is -1.85. The Bertz CT molecular complexity index is 826. The number of halogens is 1. The van der Waals surface area contributed by atoms with Crippen LogP contribution in [0.2, 0.25) is 5.02 Å². The van der Waals surface area contributed by atoms with Crippen molar-refractivity contribution in [2.24, 2.45) is 17.8 Å². The van der Waals surface area contributed by atoms with Crippen molar-refractivity contribution in [3.63, 3.8) is 0 Å². The van der Waals surface area contributed by atoms with Gasteiger partial charge in [-0.2, -0.15) is 0 Å². The monoisotopic (exact) mass is 358 g/mol. The number of rotatable bonds is 4. The van der Waals surface area contributed by atoms with Gasteiger partial charge in [0.2, 0.25) is 0 Å². The molecule has 25 heavy (non-hydrogen) atoms. The smallest absolute Gasteiger partial charge is 0.253 e. The number of hydrogen-bond donors (Lipinski definition) is 2. The second-order valence-electron chi connectivity index (χ2n) is 7.47. The van der Waals surface area contributed by atoms with Crippen LogP contribution < -0.4 is 11.1 Å². The van der Waals surface area contributed by atoms with Crippen molar-refractivity contribution in [3.8, 4) is 0 Å².